The number of nitrogens with zero attached hydrogens (tertiary/aromatic N) is 2. The second kappa shape index (κ2) is 8.60. The normalized spacial score (nSPS) is 10.4. The van der Waals surface area contributed by atoms with Crippen molar-refractivity contribution in [3.8, 4) is 16.3 Å². The van der Waals surface area contributed by atoms with Gasteiger partial charge in [0.15, 0.2) is 0 Å². The molecule has 2 aromatic carbocycles. The fourth-order valence-electron chi connectivity index (χ4n) is 2.10. The van der Waals surface area contributed by atoms with Gasteiger partial charge in [0.05, 0.1) is 6.61 Å². The van der Waals surface area contributed by atoms with Crippen LogP contribution in [0.3, 0.4) is 0 Å². The number of hydrogen-bond donors (Lipinski definition) is 1. The van der Waals surface area contributed by atoms with Gasteiger partial charge in [0, 0.05) is 17.0 Å². The molecule has 0 saturated heterocycles. The van der Waals surface area contributed by atoms with Gasteiger partial charge in [0.25, 0.3) is 0 Å². The minimum Gasteiger partial charge on any atom is -0.494 e. The van der Waals surface area contributed by atoms with Crippen LogP contribution in [0.2, 0.25) is 5.02 Å². The molecule has 0 radical (unpaired) electrons. The van der Waals surface area contributed by atoms with Crippen LogP contribution in [0.25, 0.3) is 10.6 Å². The van der Waals surface area contributed by atoms with Gasteiger partial charge in [0.2, 0.25) is 11.0 Å². The second-order valence-electron chi connectivity index (χ2n) is 5.23. The summed E-state index contributed by atoms with van der Waals surface area (Å²) >= 11 is 7.20. The smallest absolute Gasteiger partial charge is 0.226 e. The monoisotopic (exact) mass is 373 g/mol. The number of halogens is 1. The Kier molecular flexibility index (Phi) is 5.98. The van der Waals surface area contributed by atoms with E-state index >= 15 is 0 Å². The second-order valence-corrected chi connectivity index (χ2v) is 6.65. The maximum atomic E-state index is 12.0. The minimum absolute atomic E-state index is 0.101. The van der Waals surface area contributed by atoms with Crippen molar-refractivity contribution in [3.05, 3.63) is 59.6 Å². The van der Waals surface area contributed by atoms with Gasteiger partial charge in [-0.05, 0) is 30.7 Å². The predicted octanol–water partition coefficient (Wildman–Crippen LogP) is 4.66. The van der Waals surface area contributed by atoms with Crippen molar-refractivity contribution < 1.29 is 9.53 Å². The summed E-state index contributed by atoms with van der Waals surface area (Å²) in [4.78, 5) is 12.0. The molecule has 1 N–H and O–H groups in total. The van der Waals surface area contributed by atoms with Crippen molar-refractivity contribution in [2.45, 2.75) is 12.8 Å². The van der Waals surface area contributed by atoms with Crippen LogP contribution >= 0.6 is 22.9 Å². The van der Waals surface area contributed by atoms with Crippen LogP contribution in [0.1, 0.15) is 12.8 Å². The summed E-state index contributed by atoms with van der Waals surface area (Å²) in [6, 6.07) is 16.9. The zero-order valence-corrected chi connectivity index (χ0v) is 14.9. The van der Waals surface area contributed by atoms with Gasteiger partial charge in [-0.2, -0.15) is 0 Å². The maximum Gasteiger partial charge on any atom is 0.226 e. The number of anilines is 1. The highest BCUT2D eigenvalue weighted by Crippen LogP contribution is 2.27. The third kappa shape index (κ3) is 5.27. The van der Waals surface area contributed by atoms with Gasteiger partial charge < -0.3 is 10.1 Å². The quantitative estimate of drug-likeness (QED) is 0.612. The lowest BCUT2D eigenvalue weighted by molar-refractivity contribution is -0.116. The number of benzene rings is 2. The number of carbonyl (C=O) groups is 1. The molecular weight excluding hydrogens is 358 g/mol. The summed E-state index contributed by atoms with van der Waals surface area (Å²) in [5.41, 5.74) is 0.915. The topological polar surface area (TPSA) is 64.1 Å². The minimum atomic E-state index is -0.101. The van der Waals surface area contributed by atoms with Crippen LogP contribution in [-0.2, 0) is 4.79 Å². The molecule has 0 atom stereocenters. The molecular formula is C18H16ClN3O2S. The molecule has 5 nitrogen and oxygen atoms in total. The third-order valence-corrected chi connectivity index (χ3v) is 4.46. The van der Waals surface area contributed by atoms with E-state index in [1.54, 1.807) is 12.1 Å². The summed E-state index contributed by atoms with van der Waals surface area (Å²) in [6.07, 6.45) is 0.992. The first-order chi connectivity index (χ1) is 12.2. The first-order valence-electron chi connectivity index (χ1n) is 7.78. The lowest BCUT2D eigenvalue weighted by Gasteiger charge is -2.05. The molecule has 3 aromatic rings. The van der Waals surface area contributed by atoms with E-state index in [0.29, 0.717) is 29.6 Å². The molecule has 0 fully saturated rings. The van der Waals surface area contributed by atoms with E-state index < -0.39 is 0 Å². The number of para-hydroxylation sites is 1. The van der Waals surface area contributed by atoms with Gasteiger partial charge in [0.1, 0.15) is 10.8 Å². The number of aromatic nitrogens is 2. The van der Waals surface area contributed by atoms with Gasteiger partial charge in [-0.15, -0.1) is 10.2 Å². The van der Waals surface area contributed by atoms with Crippen molar-refractivity contribution in [3.63, 3.8) is 0 Å². The third-order valence-electron chi connectivity index (χ3n) is 3.32. The molecule has 0 aliphatic heterocycles. The summed E-state index contributed by atoms with van der Waals surface area (Å²) in [5, 5.41) is 12.7. The van der Waals surface area contributed by atoms with Crippen molar-refractivity contribution in [1.29, 1.82) is 0 Å². The zero-order chi connectivity index (χ0) is 17.5. The molecule has 0 unspecified atom stereocenters. The van der Waals surface area contributed by atoms with E-state index in [1.165, 1.54) is 11.3 Å². The van der Waals surface area contributed by atoms with Crippen LogP contribution in [0.15, 0.2) is 54.6 Å². The number of amides is 1. The molecule has 128 valence electrons. The summed E-state index contributed by atoms with van der Waals surface area (Å²) < 4.78 is 5.56. The average molecular weight is 374 g/mol. The first kappa shape index (κ1) is 17.4. The summed E-state index contributed by atoms with van der Waals surface area (Å²) in [5.74, 6) is 0.704. The van der Waals surface area contributed by atoms with Crippen molar-refractivity contribution in [1.82, 2.24) is 10.2 Å². The van der Waals surface area contributed by atoms with E-state index in [0.717, 1.165) is 16.3 Å². The number of nitrogens with one attached hydrogen (secondary N) is 1. The van der Waals surface area contributed by atoms with Crippen LogP contribution in [0, 0.1) is 0 Å². The van der Waals surface area contributed by atoms with Crippen LogP contribution in [-0.4, -0.2) is 22.7 Å². The average Bonchev–Trinajstić information content (AvgIpc) is 3.09. The van der Waals surface area contributed by atoms with Gasteiger partial charge in [-0.3, -0.25) is 4.79 Å². The molecule has 0 aliphatic rings. The highest BCUT2D eigenvalue weighted by Gasteiger charge is 2.09. The molecule has 7 heteroatoms. The molecule has 0 aliphatic carbocycles. The van der Waals surface area contributed by atoms with Gasteiger partial charge >= 0.3 is 0 Å². The van der Waals surface area contributed by atoms with Crippen molar-refractivity contribution in [2.75, 3.05) is 11.9 Å². The molecule has 25 heavy (non-hydrogen) atoms. The van der Waals surface area contributed by atoms with Crippen molar-refractivity contribution >= 4 is 34.0 Å². The van der Waals surface area contributed by atoms with Gasteiger partial charge in [-0.25, -0.2) is 0 Å². The van der Waals surface area contributed by atoms with Crippen LogP contribution in [0.4, 0.5) is 5.13 Å². The fourth-order valence-corrected chi connectivity index (χ4v) is 3.00. The Labute approximate surface area is 154 Å². The molecule has 1 aromatic heterocycles. The van der Waals surface area contributed by atoms with E-state index in [9.17, 15) is 4.79 Å². The first-order valence-corrected chi connectivity index (χ1v) is 8.97. The van der Waals surface area contributed by atoms with E-state index in [1.807, 2.05) is 42.5 Å². The Bertz CT molecular complexity index is 822. The molecule has 0 saturated carbocycles. The van der Waals surface area contributed by atoms with E-state index in [4.69, 9.17) is 16.3 Å². The largest absolute Gasteiger partial charge is 0.494 e. The number of hydrogen-bond acceptors (Lipinski definition) is 5. The summed E-state index contributed by atoms with van der Waals surface area (Å²) in [7, 11) is 0. The highest BCUT2D eigenvalue weighted by molar-refractivity contribution is 7.18. The van der Waals surface area contributed by atoms with Crippen LogP contribution < -0.4 is 10.1 Å². The molecule has 1 amide bonds. The highest BCUT2D eigenvalue weighted by atomic mass is 35.5. The molecule has 3 rings (SSSR count). The Morgan fingerprint density at radius 2 is 1.84 bits per heavy atom. The van der Waals surface area contributed by atoms with Crippen molar-refractivity contribution in [2.24, 2.45) is 0 Å². The summed E-state index contributed by atoms with van der Waals surface area (Å²) in [6.45, 7) is 0.490. The lowest BCUT2D eigenvalue weighted by atomic mass is 10.2. The standard InChI is InChI=1S/C18H16ClN3O2S/c19-14-10-8-13(9-11-14)17-21-22-18(25-17)20-16(23)7-4-12-24-15-5-2-1-3-6-15/h1-3,5-6,8-11H,4,7,12H2,(H,20,22,23). The lowest BCUT2D eigenvalue weighted by Crippen LogP contribution is -2.12. The Morgan fingerprint density at radius 1 is 1.08 bits per heavy atom. The molecule has 1 heterocycles. The van der Waals surface area contributed by atoms with Crippen LogP contribution in [0.5, 0.6) is 5.75 Å². The zero-order valence-electron chi connectivity index (χ0n) is 13.3. The number of ether oxygens (including phenoxy) is 1. The SMILES string of the molecule is O=C(CCCOc1ccccc1)Nc1nnc(-c2ccc(Cl)cc2)s1. The maximum absolute atomic E-state index is 12.0. The Hall–Kier alpha value is -2.44. The molecule has 0 bridgehead atoms. The van der Waals surface area contributed by atoms with Gasteiger partial charge in [-0.1, -0.05) is 53.3 Å². The van der Waals surface area contributed by atoms with E-state index in [-0.39, 0.29) is 5.91 Å². The van der Waals surface area contributed by atoms with E-state index in [2.05, 4.69) is 15.5 Å². The Morgan fingerprint density at radius 3 is 2.60 bits per heavy atom. The number of carbonyl (C=O) groups excluding carboxylic acids is 1. The Balaban J connectivity index is 1.44. The fraction of sp³-hybridized carbons (Fsp3) is 0.167. The number of rotatable bonds is 7. The predicted molar refractivity (Wildman–Crippen MR) is 100 cm³/mol. The molecule has 0 spiro atoms.